The summed E-state index contributed by atoms with van der Waals surface area (Å²) in [6.07, 6.45) is 1.41. The molecule has 3 aromatic rings. The van der Waals surface area contributed by atoms with E-state index in [0.717, 1.165) is 16.7 Å². The first-order valence-electron chi connectivity index (χ1n) is 9.44. The second-order valence-corrected chi connectivity index (χ2v) is 7.95. The fraction of sp³-hybridized carbons (Fsp3) is 0.217. The summed E-state index contributed by atoms with van der Waals surface area (Å²) in [5.41, 5.74) is 5.28. The van der Waals surface area contributed by atoms with Gasteiger partial charge in [0, 0.05) is 10.6 Å². The Bertz CT molecular complexity index is 1070. The minimum atomic E-state index is -0.366. The molecule has 1 aromatic heterocycles. The lowest BCUT2D eigenvalue weighted by molar-refractivity contribution is -0.123. The van der Waals surface area contributed by atoms with E-state index in [1.807, 2.05) is 25.1 Å². The van der Waals surface area contributed by atoms with Crippen LogP contribution in [0.15, 0.2) is 58.0 Å². The fourth-order valence-corrected chi connectivity index (χ4v) is 3.34. The third-order valence-electron chi connectivity index (χ3n) is 4.35. The zero-order valence-corrected chi connectivity index (χ0v) is 18.4. The van der Waals surface area contributed by atoms with Crippen LogP contribution in [0.25, 0.3) is 11.3 Å². The number of nitrogens with zero attached hydrogens (tertiary/aromatic N) is 1. The Balaban J connectivity index is 1.57. The van der Waals surface area contributed by atoms with Gasteiger partial charge in [-0.25, -0.2) is 5.43 Å². The van der Waals surface area contributed by atoms with Crippen LogP contribution in [0.1, 0.15) is 36.7 Å². The van der Waals surface area contributed by atoms with Crippen LogP contribution in [0, 0.1) is 6.92 Å². The van der Waals surface area contributed by atoms with Gasteiger partial charge in [0.2, 0.25) is 0 Å². The van der Waals surface area contributed by atoms with Crippen molar-refractivity contribution < 1.29 is 13.9 Å². The van der Waals surface area contributed by atoms with Crippen molar-refractivity contribution in [2.24, 2.45) is 5.10 Å². The number of carbonyl (C=O) groups is 1. The normalized spacial score (nSPS) is 11.3. The van der Waals surface area contributed by atoms with Gasteiger partial charge in [0.1, 0.15) is 17.3 Å². The van der Waals surface area contributed by atoms with Crippen LogP contribution >= 0.6 is 23.2 Å². The van der Waals surface area contributed by atoms with Gasteiger partial charge in [0.15, 0.2) is 6.61 Å². The second-order valence-electron chi connectivity index (χ2n) is 7.10. The molecule has 0 aliphatic rings. The van der Waals surface area contributed by atoms with Crippen LogP contribution < -0.4 is 10.2 Å². The number of nitrogens with one attached hydrogen (secondary N) is 1. The highest BCUT2D eigenvalue weighted by molar-refractivity contribution is 6.36. The number of aryl methyl sites for hydroxylation is 1. The Labute approximate surface area is 185 Å². The second kappa shape index (κ2) is 9.83. The maximum atomic E-state index is 12.1. The van der Waals surface area contributed by atoms with E-state index in [1.165, 1.54) is 6.21 Å². The number of benzene rings is 2. The Hall–Kier alpha value is -2.76. The van der Waals surface area contributed by atoms with Crippen molar-refractivity contribution in [1.29, 1.82) is 0 Å². The van der Waals surface area contributed by atoms with Crippen LogP contribution in [0.3, 0.4) is 0 Å². The predicted octanol–water partition coefficient (Wildman–Crippen LogP) is 6.21. The number of hydrazone groups is 1. The lowest BCUT2D eigenvalue weighted by atomic mass is 10.0. The standard InChI is InChI=1S/C23H22Cl2N2O3/c1-14(2)18-7-4-15(3)10-22(18)29-13-23(28)27-26-12-17-6-9-21(30-17)19-8-5-16(24)11-20(19)25/h4-12,14H,13H2,1-3H3,(H,27,28). The van der Waals surface area contributed by atoms with E-state index in [2.05, 4.69) is 24.4 Å². The molecule has 0 aliphatic heterocycles. The van der Waals surface area contributed by atoms with Gasteiger partial charge in [-0.1, -0.05) is 49.2 Å². The summed E-state index contributed by atoms with van der Waals surface area (Å²) in [6, 6.07) is 14.6. The number of rotatable bonds is 7. The molecule has 156 valence electrons. The molecule has 30 heavy (non-hydrogen) atoms. The van der Waals surface area contributed by atoms with Gasteiger partial charge in [0.05, 0.1) is 11.2 Å². The van der Waals surface area contributed by atoms with E-state index in [0.29, 0.717) is 33.2 Å². The Kier molecular flexibility index (Phi) is 7.19. The molecule has 5 nitrogen and oxygen atoms in total. The summed E-state index contributed by atoms with van der Waals surface area (Å²) in [5, 5.41) is 4.96. The minimum Gasteiger partial charge on any atom is -0.483 e. The van der Waals surface area contributed by atoms with Gasteiger partial charge >= 0.3 is 0 Å². The maximum Gasteiger partial charge on any atom is 0.277 e. The molecule has 0 unspecified atom stereocenters. The third kappa shape index (κ3) is 5.65. The van der Waals surface area contributed by atoms with Gasteiger partial charge in [-0.15, -0.1) is 0 Å². The number of hydrogen-bond donors (Lipinski definition) is 1. The molecule has 0 saturated heterocycles. The minimum absolute atomic E-state index is 0.135. The Morgan fingerprint density at radius 3 is 2.70 bits per heavy atom. The highest BCUT2D eigenvalue weighted by Crippen LogP contribution is 2.31. The summed E-state index contributed by atoms with van der Waals surface area (Å²) < 4.78 is 11.4. The molecule has 1 heterocycles. The van der Waals surface area contributed by atoms with Gasteiger partial charge in [-0.2, -0.15) is 5.10 Å². The van der Waals surface area contributed by atoms with Crippen LogP contribution in [-0.2, 0) is 4.79 Å². The molecular weight excluding hydrogens is 423 g/mol. The average molecular weight is 445 g/mol. The number of hydrogen-bond acceptors (Lipinski definition) is 4. The molecule has 0 bridgehead atoms. The molecule has 1 amide bonds. The summed E-state index contributed by atoms with van der Waals surface area (Å²) >= 11 is 12.1. The zero-order valence-electron chi connectivity index (χ0n) is 16.9. The molecule has 1 N–H and O–H groups in total. The molecule has 0 radical (unpaired) electrons. The van der Waals surface area contributed by atoms with Crippen molar-refractivity contribution >= 4 is 35.3 Å². The number of ether oxygens (including phenoxy) is 1. The lowest BCUT2D eigenvalue weighted by Gasteiger charge is -2.14. The average Bonchev–Trinajstić information content (AvgIpc) is 3.14. The molecule has 0 saturated carbocycles. The van der Waals surface area contributed by atoms with Gasteiger partial charge < -0.3 is 9.15 Å². The number of halogens is 2. The SMILES string of the molecule is Cc1ccc(C(C)C)c(OCC(=O)NN=Cc2ccc(-c3ccc(Cl)cc3Cl)o2)c1. The molecule has 0 aliphatic carbocycles. The topological polar surface area (TPSA) is 63.8 Å². The summed E-state index contributed by atoms with van der Waals surface area (Å²) in [4.78, 5) is 12.1. The van der Waals surface area contributed by atoms with Crippen molar-refractivity contribution in [3.8, 4) is 17.1 Å². The molecule has 0 fully saturated rings. The van der Waals surface area contributed by atoms with Gasteiger partial charge in [-0.3, -0.25) is 4.79 Å². The van der Waals surface area contributed by atoms with Crippen molar-refractivity contribution in [3.63, 3.8) is 0 Å². The highest BCUT2D eigenvalue weighted by atomic mass is 35.5. The lowest BCUT2D eigenvalue weighted by Crippen LogP contribution is -2.24. The van der Waals surface area contributed by atoms with Gasteiger partial charge in [-0.05, 0) is 60.4 Å². The van der Waals surface area contributed by atoms with Crippen LogP contribution in [0.5, 0.6) is 5.75 Å². The van der Waals surface area contributed by atoms with Crippen molar-refractivity contribution in [1.82, 2.24) is 5.43 Å². The van der Waals surface area contributed by atoms with E-state index < -0.39 is 0 Å². The Morgan fingerprint density at radius 1 is 1.17 bits per heavy atom. The molecule has 0 spiro atoms. The van der Waals surface area contributed by atoms with Crippen LogP contribution in [0.4, 0.5) is 0 Å². The third-order valence-corrected chi connectivity index (χ3v) is 4.90. The molecule has 2 aromatic carbocycles. The van der Waals surface area contributed by atoms with E-state index in [9.17, 15) is 4.79 Å². The quantitative estimate of drug-likeness (QED) is 0.347. The van der Waals surface area contributed by atoms with Crippen LogP contribution in [0.2, 0.25) is 10.0 Å². The Morgan fingerprint density at radius 2 is 1.97 bits per heavy atom. The van der Waals surface area contributed by atoms with E-state index >= 15 is 0 Å². The zero-order chi connectivity index (χ0) is 21.7. The van der Waals surface area contributed by atoms with Crippen molar-refractivity contribution in [3.05, 3.63) is 75.5 Å². The van der Waals surface area contributed by atoms with E-state index in [4.69, 9.17) is 32.4 Å². The van der Waals surface area contributed by atoms with E-state index in [-0.39, 0.29) is 12.5 Å². The maximum absolute atomic E-state index is 12.1. The first-order valence-corrected chi connectivity index (χ1v) is 10.2. The number of furan rings is 1. The first-order chi connectivity index (χ1) is 14.3. The van der Waals surface area contributed by atoms with Gasteiger partial charge in [0.25, 0.3) is 5.91 Å². The largest absolute Gasteiger partial charge is 0.483 e. The monoisotopic (exact) mass is 444 g/mol. The fourth-order valence-electron chi connectivity index (χ4n) is 2.84. The number of carbonyl (C=O) groups excluding carboxylic acids is 1. The molecular formula is C23H22Cl2N2O3. The molecule has 7 heteroatoms. The molecule has 3 rings (SSSR count). The highest BCUT2D eigenvalue weighted by Gasteiger charge is 2.11. The summed E-state index contributed by atoms with van der Waals surface area (Å²) in [5.74, 6) is 1.69. The summed E-state index contributed by atoms with van der Waals surface area (Å²) in [6.45, 7) is 6.01. The predicted molar refractivity (Wildman–Crippen MR) is 121 cm³/mol. The van der Waals surface area contributed by atoms with Crippen LogP contribution in [-0.4, -0.2) is 18.7 Å². The number of amides is 1. The smallest absolute Gasteiger partial charge is 0.277 e. The summed E-state index contributed by atoms with van der Waals surface area (Å²) in [7, 11) is 0. The van der Waals surface area contributed by atoms with Crippen molar-refractivity contribution in [2.45, 2.75) is 26.7 Å². The molecule has 0 atom stereocenters. The van der Waals surface area contributed by atoms with E-state index in [1.54, 1.807) is 30.3 Å². The first kappa shape index (κ1) is 21.9. The van der Waals surface area contributed by atoms with Crippen molar-refractivity contribution in [2.75, 3.05) is 6.61 Å².